The number of nitrogens with zero attached hydrogens (tertiary/aromatic N) is 8. The van der Waals surface area contributed by atoms with Crippen LogP contribution in [-0.2, 0) is 17.8 Å². The highest BCUT2D eigenvalue weighted by molar-refractivity contribution is 6.20. The van der Waals surface area contributed by atoms with Crippen LogP contribution in [0.15, 0.2) is 57.2 Å². The first-order valence-electron chi connectivity index (χ1n) is 12.6. The third-order valence-corrected chi connectivity index (χ3v) is 7.23. The molecule has 3 saturated heterocycles. The van der Waals surface area contributed by atoms with Crippen molar-refractivity contribution in [2.45, 2.75) is 39.8 Å². The van der Waals surface area contributed by atoms with E-state index in [1.807, 2.05) is 24.9 Å². The molecular weight excluding hydrogens is 459 g/mol. The molecule has 10 heteroatoms. The largest absolute Gasteiger partial charge is 0.360 e. The number of allylic oxidation sites excluding steroid dienone is 1. The van der Waals surface area contributed by atoms with Gasteiger partial charge in [0.2, 0.25) is 0 Å². The average Bonchev–Trinajstić information content (AvgIpc) is 3.49. The fourth-order valence-corrected chi connectivity index (χ4v) is 5.33. The number of aromatic nitrogens is 3. The predicted octanol–water partition coefficient (Wildman–Crippen LogP) is 3.35. The summed E-state index contributed by atoms with van der Waals surface area (Å²) in [5.74, 6) is 2.17. The predicted molar refractivity (Wildman–Crippen MR) is 137 cm³/mol. The van der Waals surface area contributed by atoms with E-state index in [2.05, 4.69) is 42.6 Å². The van der Waals surface area contributed by atoms with E-state index in [0.29, 0.717) is 47.7 Å². The maximum atomic E-state index is 14.1. The second-order valence-electron chi connectivity index (χ2n) is 9.58. The fourth-order valence-electron chi connectivity index (χ4n) is 5.33. The van der Waals surface area contributed by atoms with E-state index in [1.165, 1.54) is 38.2 Å². The number of hydrogen-bond donors (Lipinski definition) is 0. The zero-order valence-electron chi connectivity index (χ0n) is 21.0. The second-order valence-corrected chi connectivity index (χ2v) is 9.58. The van der Waals surface area contributed by atoms with Crippen LogP contribution in [-0.4, -0.2) is 75.9 Å². The van der Waals surface area contributed by atoms with Gasteiger partial charge in [-0.3, -0.25) is 14.7 Å². The van der Waals surface area contributed by atoms with Gasteiger partial charge in [0.05, 0.1) is 24.6 Å². The monoisotopic (exact) mass is 492 g/mol. The van der Waals surface area contributed by atoms with Crippen molar-refractivity contribution in [2.24, 2.45) is 26.8 Å². The Morgan fingerprint density at radius 1 is 1.25 bits per heavy atom. The summed E-state index contributed by atoms with van der Waals surface area (Å²) >= 11 is 0. The summed E-state index contributed by atoms with van der Waals surface area (Å²) in [7, 11) is 0. The van der Waals surface area contributed by atoms with Crippen LogP contribution in [0.3, 0.4) is 0 Å². The van der Waals surface area contributed by atoms with Crippen molar-refractivity contribution in [3.8, 4) is 0 Å². The molecule has 36 heavy (non-hydrogen) atoms. The molecule has 0 amide bonds. The summed E-state index contributed by atoms with van der Waals surface area (Å²) in [5, 5.41) is 4.67. The van der Waals surface area contributed by atoms with Crippen molar-refractivity contribution < 1.29 is 9.13 Å². The summed E-state index contributed by atoms with van der Waals surface area (Å²) in [6.07, 6.45) is 9.35. The molecule has 190 valence electrons. The number of aliphatic imine (C=N–C) groups is 3. The molecule has 0 aromatic carbocycles. The molecule has 1 atom stereocenters. The van der Waals surface area contributed by atoms with Gasteiger partial charge >= 0.3 is 0 Å². The summed E-state index contributed by atoms with van der Waals surface area (Å²) in [6.45, 7) is 13.1. The van der Waals surface area contributed by atoms with Crippen LogP contribution in [0.1, 0.15) is 37.8 Å². The van der Waals surface area contributed by atoms with Crippen molar-refractivity contribution in [3.63, 3.8) is 0 Å². The molecule has 9 nitrogen and oxygen atoms in total. The molecule has 0 radical (unpaired) electrons. The Kier molecular flexibility index (Phi) is 7.33. The number of amidine groups is 2. The highest BCUT2D eigenvalue weighted by atomic mass is 19.1. The van der Waals surface area contributed by atoms with Gasteiger partial charge in [0.15, 0.2) is 5.84 Å². The topological polar surface area (TPSA) is 83.5 Å². The van der Waals surface area contributed by atoms with Crippen LogP contribution in [0, 0.1) is 17.7 Å². The lowest BCUT2D eigenvalue weighted by molar-refractivity contribution is 0.0405. The van der Waals surface area contributed by atoms with E-state index in [-0.39, 0.29) is 6.73 Å². The molecule has 0 spiro atoms. The van der Waals surface area contributed by atoms with Crippen molar-refractivity contribution in [2.75, 3.05) is 33.0 Å². The van der Waals surface area contributed by atoms with Crippen LogP contribution in [0.5, 0.6) is 0 Å². The van der Waals surface area contributed by atoms with Crippen molar-refractivity contribution in [3.05, 3.63) is 59.2 Å². The molecular formula is C26H33FN8O. The summed E-state index contributed by atoms with van der Waals surface area (Å²) in [6, 6.07) is 1.43. The average molecular weight is 493 g/mol. The number of rotatable bonds is 9. The molecule has 0 aliphatic carbocycles. The maximum absolute atomic E-state index is 14.1. The van der Waals surface area contributed by atoms with Gasteiger partial charge in [-0.2, -0.15) is 5.10 Å². The van der Waals surface area contributed by atoms with Crippen molar-refractivity contribution in [1.29, 1.82) is 0 Å². The molecule has 4 aliphatic rings. The van der Waals surface area contributed by atoms with Gasteiger partial charge in [0.1, 0.15) is 24.1 Å². The van der Waals surface area contributed by atoms with Gasteiger partial charge in [-0.25, -0.2) is 14.4 Å². The first-order valence-corrected chi connectivity index (χ1v) is 12.6. The van der Waals surface area contributed by atoms with Crippen LogP contribution in [0.4, 0.5) is 4.39 Å². The van der Waals surface area contributed by atoms with Crippen molar-refractivity contribution in [1.82, 2.24) is 24.6 Å². The van der Waals surface area contributed by atoms with E-state index in [9.17, 15) is 4.39 Å². The first-order chi connectivity index (χ1) is 17.6. The highest BCUT2D eigenvalue weighted by Gasteiger charge is 2.35. The number of halogens is 1. The first kappa shape index (κ1) is 24.5. The second kappa shape index (κ2) is 10.8. The molecule has 2 aromatic heterocycles. The quantitative estimate of drug-likeness (QED) is 0.396. The van der Waals surface area contributed by atoms with E-state index in [1.54, 1.807) is 6.20 Å². The Bertz CT molecular complexity index is 1190. The van der Waals surface area contributed by atoms with Gasteiger partial charge in [0.25, 0.3) is 0 Å². The number of pyridine rings is 1. The lowest BCUT2D eigenvalue weighted by atomic mass is 9.79. The minimum Gasteiger partial charge on any atom is -0.360 e. The van der Waals surface area contributed by atoms with Gasteiger partial charge in [0, 0.05) is 43.2 Å². The maximum Gasteiger partial charge on any atom is 0.160 e. The third-order valence-electron chi connectivity index (χ3n) is 7.23. The fraction of sp³-hybridized carbons (Fsp3) is 0.500. The standard InChI is InChI=1S/C26H33FN8O/c1-4-36-17-30-26-24(18(2)28-3)32-25(21-9-23(27)12-29-11-21)35(26)14-19-10-31-34(13-19)16-22-15-33-7-5-20(22)6-8-33/h9-13,20,22H,3-8,14-17H2,1-2H3/b24-18+,30-26+. The SMILES string of the molecule is C=N/C(C)=C1/N=C(c2cncc(F)c2)N(Cc2cnn(CC3CN4CCC3CC4)c2)/C1=N/COCC. The summed E-state index contributed by atoms with van der Waals surface area (Å²) in [4.78, 5) is 22.1. The number of hydrogen-bond acceptors (Lipinski definition) is 7. The third kappa shape index (κ3) is 5.15. The Balaban J connectivity index is 1.43. The Hall–Kier alpha value is -3.24. The Labute approximate surface area is 211 Å². The van der Waals surface area contributed by atoms with Gasteiger partial charge in [-0.05, 0) is 64.4 Å². The molecule has 6 heterocycles. The van der Waals surface area contributed by atoms with Gasteiger partial charge in [-0.1, -0.05) is 0 Å². The lowest BCUT2D eigenvalue weighted by Gasteiger charge is -2.44. The molecule has 1 unspecified atom stereocenters. The zero-order valence-corrected chi connectivity index (χ0v) is 21.0. The van der Waals surface area contributed by atoms with Crippen LogP contribution < -0.4 is 0 Å². The minimum atomic E-state index is -0.427. The Morgan fingerprint density at radius 2 is 2.08 bits per heavy atom. The Morgan fingerprint density at radius 3 is 2.78 bits per heavy atom. The lowest BCUT2D eigenvalue weighted by Crippen LogP contribution is -2.48. The number of piperidine rings is 3. The number of fused-ring (bicyclic) bond motifs is 3. The summed E-state index contributed by atoms with van der Waals surface area (Å²) in [5.41, 5.74) is 2.80. The normalized spacial score (nSPS) is 26.0. The molecule has 0 N–H and O–H groups in total. The zero-order chi connectivity index (χ0) is 25.1. The van der Waals surface area contributed by atoms with E-state index >= 15 is 0 Å². The van der Waals surface area contributed by atoms with Gasteiger partial charge < -0.3 is 14.5 Å². The minimum absolute atomic E-state index is 0.180. The molecule has 2 bridgehead atoms. The van der Waals surface area contributed by atoms with Crippen LogP contribution in [0.2, 0.25) is 0 Å². The highest BCUT2D eigenvalue weighted by Crippen LogP contribution is 2.33. The van der Waals surface area contributed by atoms with E-state index in [0.717, 1.165) is 24.6 Å². The van der Waals surface area contributed by atoms with Crippen LogP contribution >= 0.6 is 0 Å². The summed E-state index contributed by atoms with van der Waals surface area (Å²) < 4.78 is 21.6. The van der Waals surface area contributed by atoms with E-state index < -0.39 is 5.82 Å². The molecule has 0 saturated carbocycles. The van der Waals surface area contributed by atoms with Crippen LogP contribution in [0.25, 0.3) is 0 Å². The van der Waals surface area contributed by atoms with E-state index in [4.69, 9.17) is 9.73 Å². The molecule has 4 aliphatic heterocycles. The molecule has 3 fully saturated rings. The van der Waals surface area contributed by atoms with Crippen molar-refractivity contribution >= 4 is 18.4 Å². The molecule has 6 rings (SSSR count). The van der Waals surface area contributed by atoms with Gasteiger partial charge in [-0.15, -0.1) is 0 Å². The molecule has 2 aromatic rings. The number of ether oxygens (including phenoxy) is 1. The smallest absolute Gasteiger partial charge is 0.160 e.